The van der Waals surface area contributed by atoms with Gasteiger partial charge in [0.05, 0.1) is 16.6 Å². The summed E-state index contributed by atoms with van der Waals surface area (Å²) in [7, 11) is 0. The number of hydrogen-bond donors (Lipinski definition) is 0. The van der Waals surface area contributed by atoms with Crippen molar-refractivity contribution < 1.29 is 4.42 Å². The van der Waals surface area contributed by atoms with E-state index in [1.165, 1.54) is 5.39 Å². The number of benzene rings is 11. The zero-order chi connectivity index (χ0) is 43.3. The number of nitrogens with zero attached hydrogens (tertiary/aromatic N) is 4. The molecule has 0 bridgehead atoms. The number of hydrogen-bond acceptors (Lipinski definition) is 4. The van der Waals surface area contributed by atoms with Crippen molar-refractivity contribution in [2.24, 2.45) is 0 Å². The van der Waals surface area contributed by atoms with Gasteiger partial charge in [0.2, 0.25) is 0 Å². The van der Waals surface area contributed by atoms with E-state index in [1.807, 2.05) is 12.1 Å². The molecule has 0 saturated carbocycles. The highest BCUT2D eigenvalue weighted by atomic mass is 16.3. The molecule has 5 heteroatoms. The van der Waals surface area contributed by atoms with E-state index in [0.29, 0.717) is 17.5 Å². The van der Waals surface area contributed by atoms with Gasteiger partial charge in [0, 0.05) is 38.1 Å². The fraction of sp³-hybridized carbons (Fsp3) is 0. The molecule has 0 fully saturated rings. The van der Waals surface area contributed by atoms with E-state index in [1.54, 1.807) is 0 Å². The van der Waals surface area contributed by atoms with Crippen molar-refractivity contribution in [3.63, 3.8) is 0 Å². The van der Waals surface area contributed by atoms with Gasteiger partial charge in [-0.2, -0.15) is 0 Å². The molecular weight excluding hydrogens is 805 g/mol. The highest BCUT2D eigenvalue weighted by molar-refractivity contribution is 6.28. The molecule has 3 heterocycles. The van der Waals surface area contributed by atoms with Gasteiger partial charge in [-0.3, -0.25) is 0 Å². The molecule has 0 aliphatic rings. The van der Waals surface area contributed by atoms with Gasteiger partial charge >= 0.3 is 0 Å². The van der Waals surface area contributed by atoms with Crippen molar-refractivity contribution in [3.8, 4) is 51.0 Å². The van der Waals surface area contributed by atoms with Gasteiger partial charge in [0.25, 0.3) is 0 Å². The van der Waals surface area contributed by atoms with Crippen molar-refractivity contribution >= 4 is 86.8 Å². The highest BCUT2D eigenvalue weighted by Gasteiger charge is 2.29. The Morgan fingerprint density at radius 3 is 1.77 bits per heavy atom. The maximum atomic E-state index is 7.24. The van der Waals surface area contributed by atoms with E-state index in [-0.39, 0.29) is 0 Å². The first-order valence-electron chi connectivity index (χ1n) is 22.3. The minimum Gasteiger partial charge on any atom is -0.454 e. The fourth-order valence-corrected chi connectivity index (χ4v) is 10.4. The van der Waals surface area contributed by atoms with Gasteiger partial charge < -0.3 is 8.98 Å². The summed E-state index contributed by atoms with van der Waals surface area (Å²) in [5.74, 6) is 1.73. The Labute approximate surface area is 378 Å². The van der Waals surface area contributed by atoms with Gasteiger partial charge in [0.15, 0.2) is 23.1 Å². The minimum atomic E-state index is 0.553. The normalized spacial score (nSPS) is 11.9. The predicted octanol–water partition coefficient (Wildman–Crippen LogP) is 16.1. The maximum Gasteiger partial charge on any atom is 0.166 e. The number of aromatic nitrogens is 4. The van der Waals surface area contributed by atoms with Crippen LogP contribution in [0.25, 0.3) is 138 Å². The quantitative estimate of drug-likeness (QED) is 0.173. The van der Waals surface area contributed by atoms with Crippen LogP contribution < -0.4 is 0 Å². The molecule has 0 radical (unpaired) electrons. The summed E-state index contributed by atoms with van der Waals surface area (Å²) in [6, 6.07) is 77.3. The highest BCUT2D eigenvalue weighted by Crippen LogP contribution is 2.49. The summed E-state index contributed by atoms with van der Waals surface area (Å²) < 4.78 is 9.68. The summed E-state index contributed by atoms with van der Waals surface area (Å²) in [5, 5.41) is 13.3. The van der Waals surface area contributed by atoms with Crippen LogP contribution in [0.4, 0.5) is 0 Å². The van der Waals surface area contributed by atoms with Gasteiger partial charge in [-0.25, -0.2) is 15.0 Å². The first-order valence-corrected chi connectivity index (χ1v) is 22.3. The molecular formula is C61H36N4O. The standard InChI is InChI=1S/C61H36N4O/c1-2-16-37(17-3-1)40-23-14-24-43(34-40)59-62-60(49-30-15-22-38-18-6-8-25-44(38)49)64-61(63-59)55-47-28-11-10-27-46(47)54-50-29-12-13-31-53(50)66-58(54)57(55)65-52-36-42-21-5-4-20-41(42)35-51(52)48-33-32-39-19-7-9-26-45(39)56(48)65/h1-36H. The first-order chi connectivity index (χ1) is 32.7. The zero-order valence-electron chi connectivity index (χ0n) is 35.5. The lowest BCUT2D eigenvalue weighted by atomic mass is 9.96. The van der Waals surface area contributed by atoms with Crippen LogP contribution in [0.3, 0.4) is 0 Å². The van der Waals surface area contributed by atoms with Crippen LogP contribution in [-0.2, 0) is 0 Å². The monoisotopic (exact) mass is 840 g/mol. The van der Waals surface area contributed by atoms with Crippen LogP contribution in [0.15, 0.2) is 223 Å². The average molecular weight is 841 g/mol. The lowest BCUT2D eigenvalue weighted by Gasteiger charge is -2.19. The lowest BCUT2D eigenvalue weighted by Crippen LogP contribution is -2.05. The van der Waals surface area contributed by atoms with Crippen LogP contribution in [0, 0.1) is 0 Å². The molecule has 0 aliphatic carbocycles. The smallest absolute Gasteiger partial charge is 0.166 e. The maximum absolute atomic E-state index is 7.24. The molecule has 0 atom stereocenters. The van der Waals surface area contributed by atoms with Crippen molar-refractivity contribution in [2.75, 3.05) is 0 Å². The molecule has 14 aromatic rings. The van der Waals surface area contributed by atoms with Gasteiger partial charge in [-0.05, 0) is 73.1 Å². The van der Waals surface area contributed by atoms with Gasteiger partial charge in [-0.1, -0.05) is 194 Å². The molecule has 0 spiro atoms. The van der Waals surface area contributed by atoms with E-state index in [9.17, 15) is 0 Å². The third-order valence-electron chi connectivity index (χ3n) is 13.4. The van der Waals surface area contributed by atoms with E-state index in [2.05, 4.69) is 211 Å². The summed E-state index contributed by atoms with van der Waals surface area (Å²) in [6.45, 7) is 0. The van der Waals surface area contributed by atoms with Crippen LogP contribution in [0.2, 0.25) is 0 Å². The van der Waals surface area contributed by atoms with Crippen molar-refractivity contribution in [2.45, 2.75) is 0 Å². The summed E-state index contributed by atoms with van der Waals surface area (Å²) in [4.78, 5) is 16.6. The Kier molecular flexibility index (Phi) is 7.91. The number of rotatable bonds is 5. The van der Waals surface area contributed by atoms with Gasteiger partial charge in [-0.15, -0.1) is 0 Å². The number of fused-ring (bicyclic) bond motifs is 12. The van der Waals surface area contributed by atoms with Crippen molar-refractivity contribution in [3.05, 3.63) is 218 Å². The Hall–Kier alpha value is -8.93. The topological polar surface area (TPSA) is 56.7 Å². The summed E-state index contributed by atoms with van der Waals surface area (Å²) in [5.41, 5.74) is 9.52. The molecule has 5 nitrogen and oxygen atoms in total. The Morgan fingerprint density at radius 2 is 0.939 bits per heavy atom. The Bertz CT molecular complexity index is 4290. The number of para-hydroxylation sites is 1. The second-order valence-electron chi connectivity index (χ2n) is 17.1. The van der Waals surface area contributed by atoms with Crippen LogP contribution in [-0.4, -0.2) is 19.5 Å². The molecule has 0 aliphatic heterocycles. The predicted molar refractivity (Wildman–Crippen MR) is 273 cm³/mol. The average Bonchev–Trinajstić information content (AvgIpc) is 3.93. The molecule has 0 N–H and O–H groups in total. The fourth-order valence-electron chi connectivity index (χ4n) is 10.4. The van der Waals surface area contributed by atoms with Gasteiger partial charge in [0.1, 0.15) is 11.3 Å². The lowest BCUT2D eigenvalue weighted by molar-refractivity contribution is 0.667. The van der Waals surface area contributed by atoms with Crippen LogP contribution >= 0.6 is 0 Å². The van der Waals surface area contributed by atoms with Crippen molar-refractivity contribution in [1.29, 1.82) is 0 Å². The summed E-state index contributed by atoms with van der Waals surface area (Å²) in [6.07, 6.45) is 0. The second-order valence-corrected chi connectivity index (χ2v) is 17.1. The minimum absolute atomic E-state index is 0.553. The van der Waals surface area contributed by atoms with E-state index < -0.39 is 0 Å². The van der Waals surface area contributed by atoms with E-state index in [0.717, 1.165) is 115 Å². The van der Waals surface area contributed by atoms with E-state index in [4.69, 9.17) is 19.4 Å². The first kappa shape index (κ1) is 36.5. The van der Waals surface area contributed by atoms with Crippen LogP contribution in [0.1, 0.15) is 0 Å². The molecule has 0 saturated heterocycles. The molecule has 306 valence electrons. The number of furan rings is 1. The second kappa shape index (κ2) is 14.3. The SMILES string of the molecule is c1ccc(-c2cccc(-c3nc(-c4cccc5ccccc45)nc(-c4c(-n5c6cc7ccccc7cc6c6ccc7ccccc7c65)c5oc6ccccc6c5c5ccccc45)n3)c2)cc1. The Balaban J connectivity index is 1.19. The van der Waals surface area contributed by atoms with Crippen LogP contribution in [0.5, 0.6) is 0 Å². The Morgan fingerprint density at radius 1 is 0.348 bits per heavy atom. The molecule has 3 aromatic heterocycles. The zero-order valence-corrected chi connectivity index (χ0v) is 35.5. The molecule has 66 heavy (non-hydrogen) atoms. The third-order valence-corrected chi connectivity index (χ3v) is 13.4. The van der Waals surface area contributed by atoms with E-state index >= 15 is 0 Å². The summed E-state index contributed by atoms with van der Waals surface area (Å²) >= 11 is 0. The molecule has 14 rings (SSSR count). The van der Waals surface area contributed by atoms with Crippen molar-refractivity contribution in [1.82, 2.24) is 19.5 Å². The third kappa shape index (κ3) is 5.50. The largest absolute Gasteiger partial charge is 0.454 e. The molecule has 0 unspecified atom stereocenters. The molecule has 0 amide bonds. The molecule has 11 aromatic carbocycles.